The van der Waals surface area contributed by atoms with Crippen molar-refractivity contribution >= 4 is 32.4 Å². The molecule has 0 saturated carbocycles. The highest BCUT2D eigenvalue weighted by Gasteiger charge is 2.24. The van der Waals surface area contributed by atoms with E-state index in [0.717, 1.165) is 16.6 Å². The molecule has 1 aromatic carbocycles. The molecule has 2 heterocycles. The van der Waals surface area contributed by atoms with Crippen LogP contribution in [0.2, 0.25) is 0 Å². The van der Waals surface area contributed by atoms with E-state index < -0.39 is 10.0 Å². The van der Waals surface area contributed by atoms with E-state index in [1.807, 2.05) is 35.9 Å². The zero-order valence-corrected chi connectivity index (χ0v) is 16.5. The molecule has 1 aliphatic rings. The van der Waals surface area contributed by atoms with Crippen LogP contribution in [0.3, 0.4) is 0 Å². The number of benzene rings is 1. The molecule has 1 saturated heterocycles. The van der Waals surface area contributed by atoms with Crippen LogP contribution in [0, 0.1) is 0 Å². The van der Waals surface area contributed by atoms with Gasteiger partial charge in [0.1, 0.15) is 5.84 Å². The Labute approximate surface area is 160 Å². The summed E-state index contributed by atoms with van der Waals surface area (Å²) in [7, 11) is -3.14. The summed E-state index contributed by atoms with van der Waals surface area (Å²) in [6.07, 6.45) is 6.42. The van der Waals surface area contributed by atoms with E-state index in [1.54, 1.807) is 6.08 Å². The number of nitrogens with two attached hydrogens (primary N) is 1. The number of fused-ring (bicyclic) bond motifs is 1. The van der Waals surface area contributed by atoms with Crippen LogP contribution in [0.15, 0.2) is 60.0 Å². The second-order valence-corrected chi connectivity index (χ2v) is 8.59. The van der Waals surface area contributed by atoms with Crippen molar-refractivity contribution in [3.8, 4) is 0 Å². The summed E-state index contributed by atoms with van der Waals surface area (Å²) in [5.41, 5.74) is 8.38. The lowest BCUT2D eigenvalue weighted by Crippen LogP contribution is -2.48. The van der Waals surface area contributed by atoms with E-state index in [1.165, 1.54) is 16.8 Å². The minimum absolute atomic E-state index is 0.494. The van der Waals surface area contributed by atoms with Gasteiger partial charge in [0.25, 0.3) is 0 Å². The molecule has 1 aliphatic heterocycles. The normalized spacial score (nSPS) is 17.1. The maximum absolute atomic E-state index is 11.7. The van der Waals surface area contributed by atoms with Crippen molar-refractivity contribution in [1.29, 1.82) is 0 Å². The van der Waals surface area contributed by atoms with E-state index in [0.29, 0.717) is 37.7 Å². The van der Waals surface area contributed by atoms with Crippen molar-refractivity contribution in [3.05, 3.63) is 55.0 Å². The lowest BCUT2D eigenvalue weighted by atomic mass is 10.2. The third-order valence-corrected chi connectivity index (χ3v) is 5.86. The zero-order chi connectivity index (χ0) is 19.6. The Hall–Kier alpha value is -2.58. The van der Waals surface area contributed by atoms with Gasteiger partial charge in [0.2, 0.25) is 10.0 Å². The predicted octanol–water partition coefficient (Wildman–Crippen LogP) is 1.98. The Morgan fingerprint density at radius 1 is 1.22 bits per heavy atom. The second-order valence-electron chi connectivity index (χ2n) is 6.61. The van der Waals surface area contributed by atoms with Crippen molar-refractivity contribution in [2.75, 3.05) is 37.3 Å². The van der Waals surface area contributed by atoms with Gasteiger partial charge < -0.3 is 15.2 Å². The lowest BCUT2D eigenvalue weighted by molar-refractivity contribution is 0.388. The fraction of sp³-hybridized carbons (Fsp3) is 0.316. The zero-order valence-electron chi connectivity index (χ0n) is 15.7. The van der Waals surface area contributed by atoms with Gasteiger partial charge in [-0.25, -0.2) is 13.4 Å². The Morgan fingerprint density at radius 3 is 2.52 bits per heavy atom. The average molecular weight is 388 g/mol. The number of sulfonamides is 1. The van der Waals surface area contributed by atoms with Crippen molar-refractivity contribution in [2.45, 2.75) is 6.92 Å². The van der Waals surface area contributed by atoms with Crippen LogP contribution in [0.4, 0.5) is 5.69 Å². The number of nitrogens with zero attached hydrogens (tertiary/aromatic N) is 4. The molecule has 2 N–H and O–H groups in total. The van der Waals surface area contributed by atoms with Crippen molar-refractivity contribution < 1.29 is 8.42 Å². The van der Waals surface area contributed by atoms with Gasteiger partial charge in [-0.15, -0.1) is 0 Å². The summed E-state index contributed by atoms with van der Waals surface area (Å²) in [5, 5.41) is 1.09. The number of allylic oxidation sites excluding steroid dienone is 2. The number of piperazine rings is 1. The van der Waals surface area contributed by atoms with Crippen molar-refractivity contribution in [2.24, 2.45) is 10.7 Å². The van der Waals surface area contributed by atoms with Gasteiger partial charge in [-0.3, -0.25) is 0 Å². The van der Waals surface area contributed by atoms with Crippen molar-refractivity contribution in [3.63, 3.8) is 0 Å². The third kappa shape index (κ3) is 4.06. The summed E-state index contributed by atoms with van der Waals surface area (Å²) in [6, 6.07) is 8.15. The molecular weight excluding hydrogens is 362 g/mol. The first kappa shape index (κ1) is 19.2. The maximum atomic E-state index is 11.7. The highest BCUT2D eigenvalue weighted by molar-refractivity contribution is 7.88. The van der Waals surface area contributed by atoms with Gasteiger partial charge in [0.15, 0.2) is 0 Å². The molecule has 1 fully saturated rings. The van der Waals surface area contributed by atoms with Gasteiger partial charge in [-0.05, 0) is 37.4 Å². The van der Waals surface area contributed by atoms with Crippen LogP contribution >= 0.6 is 0 Å². The van der Waals surface area contributed by atoms with Gasteiger partial charge in [-0.2, -0.15) is 4.31 Å². The first-order valence-corrected chi connectivity index (χ1v) is 10.6. The molecule has 0 atom stereocenters. The summed E-state index contributed by atoms with van der Waals surface area (Å²) < 4.78 is 27.0. The minimum Gasteiger partial charge on any atom is -0.404 e. The van der Waals surface area contributed by atoms with Gasteiger partial charge >= 0.3 is 0 Å². The molecule has 27 heavy (non-hydrogen) atoms. The number of aliphatic imine (C=N–C) groups is 1. The van der Waals surface area contributed by atoms with E-state index in [4.69, 9.17) is 5.73 Å². The quantitative estimate of drug-likeness (QED) is 0.642. The van der Waals surface area contributed by atoms with Gasteiger partial charge in [0.05, 0.1) is 11.8 Å². The molecule has 3 rings (SSSR count). The van der Waals surface area contributed by atoms with Gasteiger partial charge in [-0.1, -0.05) is 12.6 Å². The summed E-state index contributed by atoms with van der Waals surface area (Å²) in [4.78, 5) is 6.69. The monoisotopic (exact) mass is 387 g/mol. The molecule has 0 spiro atoms. The van der Waals surface area contributed by atoms with Crippen LogP contribution in [0.1, 0.15) is 6.92 Å². The van der Waals surface area contributed by atoms with Crippen LogP contribution in [-0.2, 0) is 10.0 Å². The minimum atomic E-state index is -3.14. The number of anilines is 1. The topological polar surface area (TPSA) is 83.9 Å². The largest absolute Gasteiger partial charge is 0.404 e. The first-order chi connectivity index (χ1) is 12.8. The number of aromatic nitrogens is 1. The lowest BCUT2D eigenvalue weighted by Gasteiger charge is -2.35. The molecular formula is C19H25N5O2S. The molecule has 144 valence electrons. The third-order valence-electron chi connectivity index (χ3n) is 4.56. The molecule has 8 heteroatoms. The SMILES string of the molecule is C=C(C)N=C(/C=C\N)n1ccc2c(N3CCN(S(C)(=O)=O)CC3)cccc21. The standard InChI is InChI=1S/C19H25N5O2S/c1-15(2)21-19(7-9-20)24-10-8-16-17(5-4-6-18(16)24)22-11-13-23(14-12-22)27(3,25)26/h4-10H,1,11-14,20H2,2-3H3/b9-7-,21-19?. The fourth-order valence-electron chi connectivity index (χ4n) is 3.34. The molecule has 7 nitrogen and oxygen atoms in total. The van der Waals surface area contributed by atoms with E-state index >= 15 is 0 Å². The predicted molar refractivity (Wildman–Crippen MR) is 112 cm³/mol. The molecule has 0 aliphatic carbocycles. The van der Waals surface area contributed by atoms with Crippen LogP contribution in [0.5, 0.6) is 0 Å². The smallest absolute Gasteiger partial charge is 0.211 e. The van der Waals surface area contributed by atoms with E-state index in [2.05, 4.69) is 22.5 Å². The summed E-state index contributed by atoms with van der Waals surface area (Å²) in [6.45, 7) is 7.99. The molecule has 2 aromatic rings. The number of hydrogen-bond donors (Lipinski definition) is 1. The molecule has 1 aromatic heterocycles. The Balaban J connectivity index is 1.96. The maximum Gasteiger partial charge on any atom is 0.211 e. The van der Waals surface area contributed by atoms with Crippen molar-refractivity contribution in [1.82, 2.24) is 8.87 Å². The first-order valence-electron chi connectivity index (χ1n) is 8.74. The number of rotatable bonds is 4. The Bertz CT molecular complexity index is 1010. The molecule has 0 bridgehead atoms. The van der Waals surface area contributed by atoms with Crippen LogP contribution < -0.4 is 10.6 Å². The van der Waals surface area contributed by atoms with Gasteiger partial charge in [0, 0.05) is 49.1 Å². The molecule has 0 unspecified atom stereocenters. The highest BCUT2D eigenvalue weighted by Crippen LogP contribution is 2.29. The fourth-order valence-corrected chi connectivity index (χ4v) is 4.17. The van der Waals surface area contributed by atoms with E-state index in [9.17, 15) is 8.42 Å². The van der Waals surface area contributed by atoms with E-state index in [-0.39, 0.29) is 0 Å². The van der Waals surface area contributed by atoms with Crippen LogP contribution in [0.25, 0.3) is 10.9 Å². The molecule has 0 radical (unpaired) electrons. The number of hydrogen-bond acceptors (Lipinski definition) is 5. The second kappa shape index (κ2) is 7.58. The van der Waals surface area contributed by atoms with Crippen LogP contribution in [-0.4, -0.2) is 55.6 Å². The average Bonchev–Trinajstić information content (AvgIpc) is 3.04. The summed E-state index contributed by atoms with van der Waals surface area (Å²) >= 11 is 0. The highest BCUT2D eigenvalue weighted by atomic mass is 32.2. The Kier molecular flexibility index (Phi) is 5.38. The Morgan fingerprint density at radius 2 is 1.93 bits per heavy atom. The molecule has 0 amide bonds. The summed E-state index contributed by atoms with van der Waals surface area (Å²) in [5.74, 6) is 0.694.